The molecule has 0 aliphatic carbocycles. The van der Waals surface area contributed by atoms with Crippen LogP contribution in [0.3, 0.4) is 0 Å². The zero-order valence-electron chi connectivity index (χ0n) is 13.0. The molecule has 1 saturated heterocycles. The minimum atomic E-state index is 0.891. The number of rotatable bonds is 5. The number of aromatic nitrogens is 2. The van der Waals surface area contributed by atoms with E-state index in [1.807, 2.05) is 0 Å². The van der Waals surface area contributed by atoms with E-state index in [4.69, 9.17) is 4.98 Å². The summed E-state index contributed by atoms with van der Waals surface area (Å²) in [7, 11) is 0. The number of aryl methyl sites for hydroxylation is 1. The monoisotopic (exact) mass is 276 g/mol. The lowest BCUT2D eigenvalue weighted by Gasteiger charge is -2.26. The van der Waals surface area contributed by atoms with E-state index in [1.54, 1.807) is 0 Å². The highest BCUT2D eigenvalue weighted by Gasteiger charge is 2.12. The van der Waals surface area contributed by atoms with E-state index in [9.17, 15) is 0 Å². The zero-order chi connectivity index (χ0) is 14.2. The third kappa shape index (κ3) is 4.36. The van der Waals surface area contributed by atoms with Crippen molar-refractivity contribution in [3.05, 3.63) is 11.9 Å². The van der Waals surface area contributed by atoms with Gasteiger partial charge in [-0.05, 0) is 19.3 Å². The standard InChI is InChI=1S/C16H28N4/c1-3-10-17-15-13-16(19-14(4-2)18-15)20-11-8-6-5-7-9-12-20/h13H,3-12H2,1-2H3,(H,17,18,19). The van der Waals surface area contributed by atoms with Gasteiger partial charge in [0, 0.05) is 32.1 Å². The highest BCUT2D eigenvalue weighted by molar-refractivity contribution is 5.49. The Bertz CT molecular complexity index is 397. The van der Waals surface area contributed by atoms with Gasteiger partial charge in [-0.2, -0.15) is 0 Å². The average molecular weight is 276 g/mol. The number of anilines is 2. The summed E-state index contributed by atoms with van der Waals surface area (Å²) in [5.41, 5.74) is 0. The highest BCUT2D eigenvalue weighted by atomic mass is 15.2. The van der Waals surface area contributed by atoms with Crippen LogP contribution in [-0.4, -0.2) is 29.6 Å². The molecule has 1 aromatic heterocycles. The molecule has 2 heterocycles. The van der Waals surface area contributed by atoms with Crippen molar-refractivity contribution in [2.75, 3.05) is 29.9 Å². The van der Waals surface area contributed by atoms with E-state index in [-0.39, 0.29) is 0 Å². The molecule has 4 heteroatoms. The molecule has 2 rings (SSSR count). The Kier molecular flexibility index (Phi) is 6.09. The normalized spacial score (nSPS) is 16.6. The van der Waals surface area contributed by atoms with Crippen LogP contribution in [0.1, 0.15) is 58.2 Å². The van der Waals surface area contributed by atoms with Crippen LogP contribution in [0.5, 0.6) is 0 Å². The Balaban J connectivity index is 2.14. The van der Waals surface area contributed by atoms with Crippen LogP contribution in [-0.2, 0) is 6.42 Å². The van der Waals surface area contributed by atoms with Gasteiger partial charge < -0.3 is 10.2 Å². The van der Waals surface area contributed by atoms with Crippen molar-refractivity contribution in [1.82, 2.24) is 9.97 Å². The summed E-state index contributed by atoms with van der Waals surface area (Å²) in [6.07, 6.45) is 8.66. The van der Waals surface area contributed by atoms with Crippen molar-refractivity contribution in [1.29, 1.82) is 0 Å². The quantitative estimate of drug-likeness (QED) is 0.891. The van der Waals surface area contributed by atoms with Gasteiger partial charge in [0.15, 0.2) is 0 Å². The van der Waals surface area contributed by atoms with E-state index < -0.39 is 0 Å². The van der Waals surface area contributed by atoms with Crippen LogP contribution in [0.2, 0.25) is 0 Å². The lowest BCUT2D eigenvalue weighted by molar-refractivity contribution is 0.553. The second-order valence-electron chi connectivity index (χ2n) is 5.56. The lowest BCUT2D eigenvalue weighted by Crippen LogP contribution is -2.28. The fraction of sp³-hybridized carbons (Fsp3) is 0.750. The smallest absolute Gasteiger partial charge is 0.134 e. The Morgan fingerprint density at radius 2 is 1.75 bits per heavy atom. The summed E-state index contributed by atoms with van der Waals surface area (Å²) >= 11 is 0. The molecule has 0 bridgehead atoms. The Morgan fingerprint density at radius 1 is 1.05 bits per heavy atom. The summed E-state index contributed by atoms with van der Waals surface area (Å²) in [6, 6.07) is 2.12. The van der Waals surface area contributed by atoms with Gasteiger partial charge in [-0.15, -0.1) is 0 Å². The average Bonchev–Trinajstić information content (AvgIpc) is 2.44. The first-order valence-electron chi connectivity index (χ1n) is 8.20. The van der Waals surface area contributed by atoms with Gasteiger partial charge >= 0.3 is 0 Å². The predicted octanol–water partition coefficient (Wildman–Crippen LogP) is 3.63. The molecule has 0 radical (unpaired) electrons. The molecule has 1 fully saturated rings. The molecule has 112 valence electrons. The van der Waals surface area contributed by atoms with Gasteiger partial charge in [0.25, 0.3) is 0 Å². The van der Waals surface area contributed by atoms with Crippen LogP contribution in [0.15, 0.2) is 6.07 Å². The van der Waals surface area contributed by atoms with Crippen LogP contribution in [0.4, 0.5) is 11.6 Å². The summed E-state index contributed by atoms with van der Waals surface area (Å²) in [4.78, 5) is 11.7. The van der Waals surface area contributed by atoms with Crippen LogP contribution < -0.4 is 10.2 Å². The fourth-order valence-corrected chi connectivity index (χ4v) is 2.62. The summed E-state index contributed by atoms with van der Waals surface area (Å²) in [6.45, 7) is 7.53. The van der Waals surface area contributed by atoms with E-state index in [0.29, 0.717) is 0 Å². The van der Waals surface area contributed by atoms with Crippen LogP contribution in [0, 0.1) is 0 Å². The summed E-state index contributed by atoms with van der Waals surface area (Å²) in [5.74, 6) is 3.04. The van der Waals surface area contributed by atoms with Crippen molar-refractivity contribution in [3.63, 3.8) is 0 Å². The maximum atomic E-state index is 4.73. The maximum absolute atomic E-state index is 4.73. The largest absolute Gasteiger partial charge is 0.370 e. The third-order valence-electron chi connectivity index (χ3n) is 3.81. The van der Waals surface area contributed by atoms with Crippen LogP contribution in [0.25, 0.3) is 0 Å². The molecular formula is C16H28N4. The fourth-order valence-electron chi connectivity index (χ4n) is 2.62. The van der Waals surface area contributed by atoms with Gasteiger partial charge in [0.1, 0.15) is 17.5 Å². The van der Waals surface area contributed by atoms with Gasteiger partial charge in [-0.1, -0.05) is 33.1 Å². The van der Waals surface area contributed by atoms with E-state index in [2.05, 4.69) is 35.1 Å². The van der Waals surface area contributed by atoms with Gasteiger partial charge in [0.05, 0.1) is 0 Å². The third-order valence-corrected chi connectivity index (χ3v) is 3.81. The van der Waals surface area contributed by atoms with E-state index in [0.717, 1.165) is 49.9 Å². The van der Waals surface area contributed by atoms with E-state index in [1.165, 1.54) is 32.1 Å². The van der Waals surface area contributed by atoms with Crippen molar-refractivity contribution in [3.8, 4) is 0 Å². The van der Waals surface area contributed by atoms with Gasteiger partial charge in [-0.25, -0.2) is 9.97 Å². The van der Waals surface area contributed by atoms with Crippen molar-refractivity contribution in [2.45, 2.75) is 58.8 Å². The highest BCUT2D eigenvalue weighted by Crippen LogP contribution is 2.20. The van der Waals surface area contributed by atoms with E-state index >= 15 is 0 Å². The molecule has 0 unspecified atom stereocenters. The molecule has 1 aliphatic heterocycles. The predicted molar refractivity (Wildman–Crippen MR) is 85.5 cm³/mol. The summed E-state index contributed by atoms with van der Waals surface area (Å²) in [5, 5.41) is 3.40. The van der Waals surface area contributed by atoms with Crippen molar-refractivity contribution >= 4 is 11.6 Å². The molecule has 1 N–H and O–H groups in total. The second-order valence-corrected chi connectivity index (χ2v) is 5.56. The first-order chi connectivity index (χ1) is 9.83. The maximum Gasteiger partial charge on any atom is 0.134 e. The summed E-state index contributed by atoms with van der Waals surface area (Å²) < 4.78 is 0. The molecule has 20 heavy (non-hydrogen) atoms. The minimum absolute atomic E-state index is 0.891. The van der Waals surface area contributed by atoms with Crippen molar-refractivity contribution < 1.29 is 0 Å². The first kappa shape index (κ1) is 15.1. The SMILES string of the molecule is CCCNc1cc(N2CCCCCCC2)nc(CC)n1. The van der Waals surface area contributed by atoms with Crippen LogP contribution >= 0.6 is 0 Å². The Hall–Kier alpha value is -1.32. The number of nitrogens with zero attached hydrogens (tertiary/aromatic N) is 3. The molecule has 1 aliphatic rings. The van der Waals surface area contributed by atoms with Gasteiger partial charge in [-0.3, -0.25) is 0 Å². The Morgan fingerprint density at radius 3 is 2.40 bits per heavy atom. The number of hydrogen-bond donors (Lipinski definition) is 1. The lowest BCUT2D eigenvalue weighted by atomic mass is 10.1. The number of hydrogen-bond acceptors (Lipinski definition) is 4. The second kappa shape index (κ2) is 8.08. The Labute approximate surface area is 123 Å². The molecule has 0 spiro atoms. The molecule has 0 atom stereocenters. The zero-order valence-corrected chi connectivity index (χ0v) is 13.0. The van der Waals surface area contributed by atoms with Crippen molar-refractivity contribution in [2.24, 2.45) is 0 Å². The minimum Gasteiger partial charge on any atom is -0.370 e. The molecule has 1 aromatic rings. The topological polar surface area (TPSA) is 41.0 Å². The molecule has 0 saturated carbocycles. The number of nitrogens with one attached hydrogen (secondary N) is 1. The molecule has 4 nitrogen and oxygen atoms in total. The first-order valence-corrected chi connectivity index (χ1v) is 8.20. The molecular weight excluding hydrogens is 248 g/mol. The van der Waals surface area contributed by atoms with Gasteiger partial charge in [0.2, 0.25) is 0 Å². The molecule has 0 aromatic carbocycles. The molecule has 0 amide bonds.